The average Bonchev–Trinajstić information content (AvgIpc) is 2.84. The number of nitro benzene ring substituents is 1. The molecule has 1 fully saturated rings. The summed E-state index contributed by atoms with van der Waals surface area (Å²) in [5.41, 5.74) is 1.07. The zero-order chi connectivity index (χ0) is 13.0. The third kappa shape index (κ3) is 3.46. The Morgan fingerprint density at radius 3 is 3.06 bits per heavy atom. The van der Waals surface area contributed by atoms with E-state index in [9.17, 15) is 10.1 Å². The highest BCUT2D eigenvalue weighted by molar-refractivity contribution is 9.10. The fourth-order valence-corrected chi connectivity index (χ4v) is 3.80. The Kier molecular flexibility index (Phi) is 5.03. The SMILES string of the molecule is O=[N+]([O-])c1cccc(CNCC2CCCS2)c1Br. The minimum absolute atomic E-state index is 0.129. The lowest BCUT2D eigenvalue weighted by atomic mass is 10.2. The van der Waals surface area contributed by atoms with Gasteiger partial charge in [-0.1, -0.05) is 12.1 Å². The lowest BCUT2D eigenvalue weighted by Crippen LogP contribution is -2.22. The van der Waals surface area contributed by atoms with Crippen molar-refractivity contribution in [2.45, 2.75) is 24.6 Å². The van der Waals surface area contributed by atoms with E-state index in [1.165, 1.54) is 24.7 Å². The molecule has 98 valence electrons. The van der Waals surface area contributed by atoms with Crippen LogP contribution in [0.1, 0.15) is 18.4 Å². The summed E-state index contributed by atoms with van der Waals surface area (Å²) in [6.07, 6.45) is 2.57. The molecule has 0 spiro atoms. The van der Waals surface area contributed by atoms with Crippen LogP contribution in [0.4, 0.5) is 5.69 Å². The van der Waals surface area contributed by atoms with Crippen molar-refractivity contribution in [3.05, 3.63) is 38.3 Å². The summed E-state index contributed by atoms with van der Waals surface area (Å²) in [4.78, 5) is 10.4. The third-order valence-corrected chi connectivity index (χ3v) is 5.28. The van der Waals surface area contributed by atoms with Gasteiger partial charge in [0.1, 0.15) is 0 Å². The molecule has 1 atom stereocenters. The lowest BCUT2D eigenvalue weighted by molar-refractivity contribution is -0.385. The fraction of sp³-hybridized carbons (Fsp3) is 0.500. The van der Waals surface area contributed by atoms with Crippen LogP contribution in [0.2, 0.25) is 0 Å². The molecule has 0 radical (unpaired) electrons. The molecule has 2 rings (SSSR count). The predicted molar refractivity (Wildman–Crippen MR) is 78.0 cm³/mol. The zero-order valence-electron chi connectivity index (χ0n) is 9.89. The Morgan fingerprint density at radius 2 is 2.39 bits per heavy atom. The molecule has 0 amide bonds. The normalized spacial score (nSPS) is 19.1. The molecule has 4 nitrogen and oxygen atoms in total. The first kappa shape index (κ1) is 13.8. The number of benzene rings is 1. The first-order valence-corrected chi connectivity index (χ1v) is 7.77. The molecule has 1 aliphatic heterocycles. The van der Waals surface area contributed by atoms with Crippen LogP contribution in [0.5, 0.6) is 0 Å². The van der Waals surface area contributed by atoms with Gasteiger partial charge in [-0.05, 0) is 40.1 Å². The standard InChI is InChI=1S/C12H15BrN2O2S/c13-12-9(3-1-5-11(12)15(16)17)7-14-8-10-4-2-6-18-10/h1,3,5,10,14H,2,4,6-8H2. The van der Waals surface area contributed by atoms with Crippen LogP contribution in [-0.2, 0) is 6.54 Å². The van der Waals surface area contributed by atoms with Crippen LogP contribution < -0.4 is 5.32 Å². The topological polar surface area (TPSA) is 55.2 Å². The van der Waals surface area contributed by atoms with E-state index in [2.05, 4.69) is 21.2 Å². The summed E-state index contributed by atoms with van der Waals surface area (Å²) in [5.74, 6) is 1.26. The van der Waals surface area contributed by atoms with Crippen LogP contribution in [0.3, 0.4) is 0 Å². The molecular weight excluding hydrogens is 316 g/mol. The molecule has 1 saturated heterocycles. The summed E-state index contributed by atoms with van der Waals surface area (Å²) in [5, 5.41) is 14.9. The molecule has 18 heavy (non-hydrogen) atoms. The number of rotatable bonds is 5. The van der Waals surface area contributed by atoms with E-state index in [1.807, 2.05) is 17.8 Å². The largest absolute Gasteiger partial charge is 0.312 e. The Hall–Kier alpha value is -0.590. The van der Waals surface area contributed by atoms with Gasteiger partial charge in [0.05, 0.1) is 9.40 Å². The second-order valence-corrected chi connectivity index (χ2v) is 6.47. The van der Waals surface area contributed by atoms with Crippen molar-refractivity contribution in [2.75, 3.05) is 12.3 Å². The summed E-state index contributed by atoms with van der Waals surface area (Å²) < 4.78 is 0.585. The summed E-state index contributed by atoms with van der Waals surface area (Å²) >= 11 is 5.32. The highest BCUT2D eigenvalue weighted by Gasteiger charge is 2.17. The van der Waals surface area contributed by atoms with Gasteiger partial charge in [-0.15, -0.1) is 0 Å². The number of thioether (sulfide) groups is 1. The van der Waals surface area contributed by atoms with Gasteiger partial charge in [0.2, 0.25) is 0 Å². The first-order valence-electron chi connectivity index (χ1n) is 5.92. The van der Waals surface area contributed by atoms with Gasteiger partial charge < -0.3 is 5.32 Å². The van der Waals surface area contributed by atoms with Crippen molar-refractivity contribution in [1.29, 1.82) is 0 Å². The maximum Gasteiger partial charge on any atom is 0.283 e. The molecule has 6 heteroatoms. The maximum atomic E-state index is 10.8. The molecule has 1 aromatic carbocycles. The Labute approximate surface area is 119 Å². The van der Waals surface area contributed by atoms with E-state index < -0.39 is 0 Å². The molecule has 1 aromatic rings. The van der Waals surface area contributed by atoms with E-state index in [4.69, 9.17) is 0 Å². The van der Waals surface area contributed by atoms with Crippen molar-refractivity contribution in [1.82, 2.24) is 5.32 Å². The molecule has 0 aliphatic carbocycles. The van der Waals surface area contributed by atoms with Crippen LogP contribution in [0.15, 0.2) is 22.7 Å². The van der Waals surface area contributed by atoms with Gasteiger partial charge in [-0.25, -0.2) is 0 Å². The second-order valence-electron chi connectivity index (χ2n) is 4.27. The smallest absolute Gasteiger partial charge is 0.283 e. The number of halogens is 1. The van der Waals surface area contributed by atoms with Crippen LogP contribution in [0.25, 0.3) is 0 Å². The lowest BCUT2D eigenvalue weighted by Gasteiger charge is -2.11. The molecule has 0 saturated carbocycles. The minimum Gasteiger partial charge on any atom is -0.312 e. The van der Waals surface area contributed by atoms with Crippen LogP contribution in [0, 0.1) is 10.1 Å². The number of nitrogens with one attached hydrogen (secondary N) is 1. The van der Waals surface area contributed by atoms with Crippen LogP contribution in [-0.4, -0.2) is 22.5 Å². The molecule has 0 aromatic heterocycles. The van der Waals surface area contributed by atoms with Gasteiger partial charge in [0.15, 0.2) is 0 Å². The highest BCUT2D eigenvalue weighted by Crippen LogP contribution is 2.28. The van der Waals surface area contributed by atoms with Crippen molar-refractivity contribution in [3.63, 3.8) is 0 Å². The second kappa shape index (κ2) is 6.54. The number of hydrogen-bond acceptors (Lipinski definition) is 4. The van der Waals surface area contributed by atoms with Gasteiger partial charge in [-0.3, -0.25) is 10.1 Å². The average molecular weight is 331 g/mol. The van der Waals surface area contributed by atoms with Gasteiger partial charge in [-0.2, -0.15) is 11.8 Å². The minimum atomic E-state index is -0.361. The van der Waals surface area contributed by atoms with E-state index in [0.717, 1.165) is 12.1 Å². The molecule has 1 unspecified atom stereocenters. The first-order chi connectivity index (χ1) is 8.68. The third-order valence-electron chi connectivity index (χ3n) is 2.97. The van der Waals surface area contributed by atoms with Crippen molar-refractivity contribution in [2.24, 2.45) is 0 Å². The maximum absolute atomic E-state index is 10.8. The molecule has 1 heterocycles. The van der Waals surface area contributed by atoms with Gasteiger partial charge in [0, 0.05) is 24.4 Å². The van der Waals surface area contributed by atoms with E-state index >= 15 is 0 Å². The van der Waals surface area contributed by atoms with Gasteiger partial charge in [0.25, 0.3) is 5.69 Å². The van der Waals surface area contributed by atoms with Crippen LogP contribution >= 0.6 is 27.7 Å². The monoisotopic (exact) mass is 330 g/mol. The fourth-order valence-electron chi connectivity index (χ4n) is 2.02. The zero-order valence-corrected chi connectivity index (χ0v) is 12.3. The molecular formula is C12H15BrN2O2S. The summed E-state index contributed by atoms with van der Waals surface area (Å²) in [7, 11) is 0. The Morgan fingerprint density at radius 1 is 1.56 bits per heavy atom. The molecule has 1 aliphatic rings. The predicted octanol–water partition coefficient (Wildman–Crippen LogP) is 3.34. The van der Waals surface area contributed by atoms with E-state index in [1.54, 1.807) is 6.07 Å². The summed E-state index contributed by atoms with van der Waals surface area (Å²) in [6, 6.07) is 5.15. The highest BCUT2D eigenvalue weighted by atomic mass is 79.9. The van der Waals surface area contributed by atoms with E-state index in [-0.39, 0.29) is 10.6 Å². The van der Waals surface area contributed by atoms with Gasteiger partial charge >= 0.3 is 0 Å². The van der Waals surface area contributed by atoms with E-state index in [0.29, 0.717) is 16.3 Å². The molecule has 1 N–H and O–H groups in total. The number of nitrogens with zero attached hydrogens (tertiary/aromatic N) is 1. The van der Waals surface area contributed by atoms with Crippen molar-refractivity contribution >= 4 is 33.4 Å². The molecule has 0 bridgehead atoms. The summed E-state index contributed by atoms with van der Waals surface area (Å²) in [6.45, 7) is 1.64. The van der Waals surface area contributed by atoms with Crippen molar-refractivity contribution in [3.8, 4) is 0 Å². The Bertz CT molecular complexity index is 436. The Balaban J connectivity index is 1.92. The number of hydrogen-bond donors (Lipinski definition) is 1. The quantitative estimate of drug-likeness (QED) is 0.664. The number of nitro groups is 1. The van der Waals surface area contributed by atoms with Crippen molar-refractivity contribution < 1.29 is 4.92 Å².